The van der Waals surface area contributed by atoms with Gasteiger partial charge in [-0.3, -0.25) is 4.79 Å². The second-order valence-electron chi connectivity index (χ2n) is 5.55. The first kappa shape index (κ1) is 16.5. The Balaban J connectivity index is 2.24. The van der Waals surface area contributed by atoms with Crippen molar-refractivity contribution < 1.29 is 4.79 Å². The Kier molecular flexibility index (Phi) is 5.56. The number of para-hydroxylation sites is 1. The SMILES string of the molecule is Cc1cccc(C(C)C)c1NC(=O)C(Br)=Cc1ccccc1. The Labute approximate surface area is 140 Å². The molecule has 114 valence electrons. The zero-order valence-electron chi connectivity index (χ0n) is 13.1. The van der Waals surface area contributed by atoms with Crippen molar-refractivity contribution in [3.63, 3.8) is 0 Å². The summed E-state index contributed by atoms with van der Waals surface area (Å²) < 4.78 is 0.511. The standard InChI is InChI=1S/C19H20BrNO/c1-13(2)16-11-7-8-14(3)18(16)21-19(22)17(20)12-15-9-5-4-6-10-15/h4-13H,1-3H3,(H,21,22). The van der Waals surface area contributed by atoms with Gasteiger partial charge in [0.05, 0.1) is 4.48 Å². The lowest BCUT2D eigenvalue weighted by Crippen LogP contribution is -2.14. The first-order valence-electron chi connectivity index (χ1n) is 7.32. The molecule has 2 nitrogen and oxygen atoms in total. The number of carbonyl (C=O) groups excluding carboxylic acids is 1. The molecule has 0 unspecified atom stereocenters. The normalized spacial score (nSPS) is 11.6. The van der Waals surface area contributed by atoms with Crippen LogP contribution in [0, 0.1) is 6.92 Å². The number of hydrogen-bond acceptors (Lipinski definition) is 1. The summed E-state index contributed by atoms with van der Waals surface area (Å²) in [6.45, 7) is 6.26. The third kappa shape index (κ3) is 4.08. The van der Waals surface area contributed by atoms with Gasteiger partial charge in [-0.1, -0.05) is 62.4 Å². The van der Waals surface area contributed by atoms with Crippen LogP contribution in [0.1, 0.15) is 36.5 Å². The number of aryl methyl sites for hydroxylation is 1. The van der Waals surface area contributed by atoms with Crippen LogP contribution in [-0.4, -0.2) is 5.91 Å². The number of carbonyl (C=O) groups is 1. The van der Waals surface area contributed by atoms with Crippen LogP contribution in [0.25, 0.3) is 6.08 Å². The van der Waals surface area contributed by atoms with Crippen LogP contribution in [0.2, 0.25) is 0 Å². The molecule has 0 aliphatic carbocycles. The van der Waals surface area contributed by atoms with Gasteiger partial charge in [0.1, 0.15) is 0 Å². The molecule has 22 heavy (non-hydrogen) atoms. The van der Waals surface area contributed by atoms with Gasteiger partial charge in [0, 0.05) is 5.69 Å². The summed E-state index contributed by atoms with van der Waals surface area (Å²) in [4.78, 5) is 12.4. The summed E-state index contributed by atoms with van der Waals surface area (Å²) in [6.07, 6.45) is 1.82. The van der Waals surface area contributed by atoms with Gasteiger partial charge in [0.2, 0.25) is 0 Å². The van der Waals surface area contributed by atoms with Gasteiger partial charge in [-0.15, -0.1) is 0 Å². The van der Waals surface area contributed by atoms with E-state index in [2.05, 4.69) is 41.2 Å². The van der Waals surface area contributed by atoms with Gasteiger partial charge >= 0.3 is 0 Å². The van der Waals surface area contributed by atoms with E-state index in [9.17, 15) is 4.79 Å². The van der Waals surface area contributed by atoms with E-state index < -0.39 is 0 Å². The minimum Gasteiger partial charge on any atom is -0.321 e. The largest absolute Gasteiger partial charge is 0.321 e. The van der Waals surface area contributed by atoms with Crippen LogP contribution in [-0.2, 0) is 4.79 Å². The highest BCUT2D eigenvalue weighted by molar-refractivity contribution is 9.12. The fraction of sp³-hybridized carbons (Fsp3) is 0.211. The van der Waals surface area contributed by atoms with Crippen LogP contribution < -0.4 is 5.32 Å². The summed E-state index contributed by atoms with van der Waals surface area (Å²) in [6, 6.07) is 15.9. The van der Waals surface area contributed by atoms with E-state index in [-0.39, 0.29) is 5.91 Å². The van der Waals surface area contributed by atoms with Crippen molar-refractivity contribution in [2.75, 3.05) is 5.32 Å². The number of hydrogen-bond donors (Lipinski definition) is 1. The van der Waals surface area contributed by atoms with Crippen LogP contribution in [0.4, 0.5) is 5.69 Å². The van der Waals surface area contributed by atoms with Crippen molar-refractivity contribution in [2.24, 2.45) is 0 Å². The second kappa shape index (κ2) is 7.41. The summed E-state index contributed by atoms with van der Waals surface area (Å²) >= 11 is 3.37. The van der Waals surface area contributed by atoms with Crippen LogP contribution >= 0.6 is 15.9 Å². The number of amides is 1. The summed E-state index contributed by atoms with van der Waals surface area (Å²) in [5.41, 5.74) is 4.10. The Bertz CT molecular complexity index is 690. The number of anilines is 1. The molecule has 0 saturated carbocycles. The third-order valence-electron chi connectivity index (χ3n) is 3.48. The highest BCUT2D eigenvalue weighted by atomic mass is 79.9. The van der Waals surface area contributed by atoms with Gasteiger partial charge in [-0.05, 0) is 51.5 Å². The molecule has 0 atom stereocenters. The molecule has 0 aromatic heterocycles. The van der Waals surface area contributed by atoms with E-state index >= 15 is 0 Å². The van der Waals surface area contributed by atoms with Crippen molar-refractivity contribution in [3.8, 4) is 0 Å². The third-order valence-corrected chi connectivity index (χ3v) is 4.06. The molecule has 0 aliphatic heterocycles. The Morgan fingerprint density at radius 2 is 1.77 bits per heavy atom. The first-order chi connectivity index (χ1) is 10.5. The zero-order valence-corrected chi connectivity index (χ0v) is 14.6. The molecule has 2 aromatic carbocycles. The molecular weight excluding hydrogens is 338 g/mol. The topological polar surface area (TPSA) is 29.1 Å². The van der Waals surface area contributed by atoms with Gasteiger partial charge in [0.25, 0.3) is 5.91 Å². The predicted octanol–water partition coefficient (Wildman–Crippen LogP) is 5.49. The monoisotopic (exact) mass is 357 g/mol. The molecule has 0 bridgehead atoms. The lowest BCUT2D eigenvalue weighted by Gasteiger charge is -2.16. The van der Waals surface area contributed by atoms with Crippen molar-refractivity contribution in [1.29, 1.82) is 0 Å². The number of nitrogens with one attached hydrogen (secondary N) is 1. The fourth-order valence-corrected chi connectivity index (χ4v) is 2.64. The molecule has 0 radical (unpaired) electrons. The van der Waals surface area contributed by atoms with E-state index in [0.717, 1.165) is 22.4 Å². The second-order valence-corrected chi connectivity index (χ2v) is 6.41. The van der Waals surface area contributed by atoms with Gasteiger partial charge < -0.3 is 5.32 Å². The number of halogens is 1. The highest BCUT2D eigenvalue weighted by Crippen LogP contribution is 2.28. The quantitative estimate of drug-likeness (QED) is 0.719. The van der Waals surface area contributed by atoms with Gasteiger partial charge in [0.15, 0.2) is 0 Å². The first-order valence-corrected chi connectivity index (χ1v) is 8.11. The minimum atomic E-state index is -0.139. The van der Waals surface area contributed by atoms with Crippen LogP contribution in [0.15, 0.2) is 53.0 Å². The fourth-order valence-electron chi connectivity index (χ4n) is 2.28. The van der Waals surface area contributed by atoms with Crippen molar-refractivity contribution in [1.82, 2.24) is 0 Å². The van der Waals surface area contributed by atoms with E-state index in [1.54, 1.807) is 0 Å². The molecule has 2 aromatic rings. The summed E-state index contributed by atoms with van der Waals surface area (Å²) in [5, 5.41) is 3.03. The Hall–Kier alpha value is -1.87. The Morgan fingerprint density at radius 3 is 2.41 bits per heavy atom. The Morgan fingerprint density at radius 1 is 1.09 bits per heavy atom. The van der Waals surface area contributed by atoms with E-state index in [4.69, 9.17) is 0 Å². The van der Waals surface area contributed by atoms with Crippen molar-refractivity contribution >= 4 is 33.6 Å². The molecule has 0 fully saturated rings. The smallest absolute Gasteiger partial charge is 0.262 e. The lowest BCUT2D eigenvalue weighted by atomic mass is 9.98. The average Bonchev–Trinajstić information content (AvgIpc) is 2.49. The predicted molar refractivity (Wildman–Crippen MR) is 97.2 cm³/mol. The molecule has 0 heterocycles. The van der Waals surface area contributed by atoms with Crippen LogP contribution in [0.5, 0.6) is 0 Å². The van der Waals surface area contributed by atoms with E-state index in [0.29, 0.717) is 10.4 Å². The van der Waals surface area contributed by atoms with Gasteiger partial charge in [-0.25, -0.2) is 0 Å². The molecule has 0 spiro atoms. The van der Waals surface area contributed by atoms with Crippen LogP contribution in [0.3, 0.4) is 0 Å². The molecular formula is C19H20BrNO. The maximum atomic E-state index is 12.4. The zero-order chi connectivity index (χ0) is 16.1. The minimum absolute atomic E-state index is 0.139. The van der Waals surface area contributed by atoms with E-state index in [1.165, 1.54) is 0 Å². The molecule has 0 aliphatic rings. The number of benzene rings is 2. The lowest BCUT2D eigenvalue weighted by molar-refractivity contribution is -0.112. The molecule has 1 N–H and O–H groups in total. The van der Waals surface area contributed by atoms with Crippen molar-refractivity contribution in [3.05, 3.63) is 69.7 Å². The van der Waals surface area contributed by atoms with Gasteiger partial charge in [-0.2, -0.15) is 0 Å². The number of rotatable bonds is 4. The van der Waals surface area contributed by atoms with Crippen molar-refractivity contribution in [2.45, 2.75) is 26.7 Å². The maximum absolute atomic E-state index is 12.4. The average molecular weight is 358 g/mol. The highest BCUT2D eigenvalue weighted by Gasteiger charge is 2.13. The maximum Gasteiger partial charge on any atom is 0.262 e. The van der Waals surface area contributed by atoms with E-state index in [1.807, 2.05) is 55.5 Å². The summed E-state index contributed by atoms with van der Waals surface area (Å²) in [5.74, 6) is 0.215. The molecule has 2 rings (SSSR count). The molecule has 1 amide bonds. The molecule has 3 heteroatoms. The molecule has 0 saturated heterocycles. The summed E-state index contributed by atoms with van der Waals surface area (Å²) in [7, 11) is 0.